The van der Waals surface area contributed by atoms with Crippen molar-refractivity contribution in [2.24, 2.45) is 0 Å². The summed E-state index contributed by atoms with van der Waals surface area (Å²) in [5.41, 5.74) is 1.98. The smallest absolute Gasteiger partial charge is 0.273 e. The highest BCUT2D eigenvalue weighted by atomic mass is 16.2. The van der Waals surface area contributed by atoms with E-state index in [0.717, 1.165) is 25.1 Å². The molecule has 0 spiro atoms. The molecule has 2 heterocycles. The summed E-state index contributed by atoms with van der Waals surface area (Å²) in [4.78, 5) is 28.9. The molecule has 0 saturated carbocycles. The number of benzene rings is 1. The molecule has 1 N–H and O–H groups in total. The molecule has 1 aliphatic rings. The van der Waals surface area contributed by atoms with E-state index in [4.69, 9.17) is 0 Å². The Balaban J connectivity index is 1.70. The molecule has 28 heavy (non-hydrogen) atoms. The van der Waals surface area contributed by atoms with Crippen LogP contribution in [-0.4, -0.2) is 64.9 Å². The third kappa shape index (κ3) is 4.49. The monoisotopic (exact) mass is 384 g/mol. The first-order valence-corrected chi connectivity index (χ1v) is 9.64. The first kappa shape index (κ1) is 19.9. The van der Waals surface area contributed by atoms with Crippen LogP contribution in [0.5, 0.6) is 0 Å². The van der Waals surface area contributed by atoms with Gasteiger partial charge in [-0.25, -0.2) is 4.68 Å². The molecular weight excluding hydrogens is 356 g/mol. The Morgan fingerprint density at radius 2 is 2.07 bits per heavy atom. The van der Waals surface area contributed by atoms with Crippen molar-refractivity contribution in [1.82, 2.24) is 25.2 Å². The number of carbonyl (C=O) groups excluding carboxylic acids is 2. The summed E-state index contributed by atoms with van der Waals surface area (Å²) in [5, 5.41) is 10.9. The minimum absolute atomic E-state index is 0.0165. The van der Waals surface area contributed by atoms with Gasteiger partial charge in [0.2, 0.25) is 0 Å². The second-order valence-electron chi connectivity index (χ2n) is 7.70. The average Bonchev–Trinajstić information content (AvgIpc) is 3.17. The van der Waals surface area contributed by atoms with E-state index >= 15 is 0 Å². The summed E-state index contributed by atoms with van der Waals surface area (Å²) in [6.45, 7) is 5.08. The number of aromatic nitrogens is 3. The first-order chi connectivity index (χ1) is 13.3. The van der Waals surface area contributed by atoms with Gasteiger partial charge in [0.25, 0.3) is 11.8 Å². The van der Waals surface area contributed by atoms with Crippen molar-refractivity contribution in [3.05, 3.63) is 41.7 Å². The minimum Gasteiger partial charge on any atom is -0.378 e. The maximum absolute atomic E-state index is 13.0. The van der Waals surface area contributed by atoms with Gasteiger partial charge in [-0.1, -0.05) is 11.3 Å². The molecular formula is C20H28N6O2. The van der Waals surface area contributed by atoms with E-state index in [1.54, 1.807) is 10.9 Å². The number of piperidine rings is 1. The zero-order valence-corrected chi connectivity index (χ0v) is 16.9. The predicted octanol–water partition coefficient (Wildman–Crippen LogP) is 1.96. The number of anilines is 1. The van der Waals surface area contributed by atoms with Gasteiger partial charge in [-0.15, -0.1) is 5.10 Å². The molecule has 0 radical (unpaired) electrons. The highest BCUT2D eigenvalue weighted by molar-refractivity contribution is 5.95. The van der Waals surface area contributed by atoms with Crippen molar-refractivity contribution in [1.29, 1.82) is 0 Å². The molecule has 2 amide bonds. The Morgan fingerprint density at radius 3 is 2.79 bits per heavy atom. The predicted molar refractivity (Wildman–Crippen MR) is 108 cm³/mol. The van der Waals surface area contributed by atoms with Crippen LogP contribution >= 0.6 is 0 Å². The second kappa shape index (κ2) is 8.41. The van der Waals surface area contributed by atoms with Gasteiger partial charge in [0.1, 0.15) is 0 Å². The summed E-state index contributed by atoms with van der Waals surface area (Å²) in [5.74, 6) is -0.211. The standard InChI is InChI=1S/C20H28N6O2/c1-14(2)21-19(27)18-13-26(23-22-18)17-9-6-10-25(12-17)20(28)15-7-5-8-16(11-15)24(3)4/h5,7-8,11,13-14,17H,6,9-10,12H2,1-4H3,(H,21,27). The molecule has 1 aromatic heterocycles. The van der Waals surface area contributed by atoms with Gasteiger partial charge in [-0.05, 0) is 44.9 Å². The molecule has 8 heteroatoms. The van der Waals surface area contributed by atoms with E-state index in [9.17, 15) is 9.59 Å². The van der Waals surface area contributed by atoms with E-state index < -0.39 is 0 Å². The Bertz CT molecular complexity index is 845. The van der Waals surface area contributed by atoms with Crippen LogP contribution in [-0.2, 0) is 0 Å². The fourth-order valence-corrected chi connectivity index (χ4v) is 3.35. The third-order valence-corrected chi connectivity index (χ3v) is 4.83. The van der Waals surface area contributed by atoms with Gasteiger partial charge >= 0.3 is 0 Å². The van der Waals surface area contributed by atoms with Gasteiger partial charge in [0.05, 0.1) is 12.2 Å². The zero-order valence-electron chi connectivity index (χ0n) is 16.9. The largest absolute Gasteiger partial charge is 0.378 e. The zero-order chi connectivity index (χ0) is 20.3. The molecule has 8 nitrogen and oxygen atoms in total. The van der Waals surface area contributed by atoms with Crippen LogP contribution in [0.3, 0.4) is 0 Å². The van der Waals surface area contributed by atoms with E-state index in [1.165, 1.54) is 0 Å². The molecule has 0 bridgehead atoms. The van der Waals surface area contributed by atoms with Gasteiger partial charge in [-0.3, -0.25) is 9.59 Å². The first-order valence-electron chi connectivity index (χ1n) is 9.64. The van der Waals surface area contributed by atoms with E-state index in [2.05, 4.69) is 15.6 Å². The van der Waals surface area contributed by atoms with Crippen LogP contribution in [0.2, 0.25) is 0 Å². The number of likely N-dealkylation sites (tertiary alicyclic amines) is 1. The summed E-state index contributed by atoms with van der Waals surface area (Å²) < 4.78 is 1.71. The summed E-state index contributed by atoms with van der Waals surface area (Å²) in [6.07, 6.45) is 3.45. The summed E-state index contributed by atoms with van der Waals surface area (Å²) >= 11 is 0. The molecule has 3 rings (SSSR count). The van der Waals surface area contributed by atoms with Crippen molar-refractivity contribution in [3.8, 4) is 0 Å². The highest BCUT2D eigenvalue weighted by Crippen LogP contribution is 2.23. The number of amides is 2. The normalized spacial score (nSPS) is 16.9. The lowest BCUT2D eigenvalue weighted by Gasteiger charge is -2.32. The molecule has 1 aromatic carbocycles. The third-order valence-electron chi connectivity index (χ3n) is 4.83. The number of rotatable bonds is 5. The SMILES string of the molecule is CC(C)NC(=O)c1cn(C2CCCN(C(=O)c3cccc(N(C)C)c3)C2)nn1. The van der Waals surface area contributed by atoms with Crippen LogP contribution in [0.4, 0.5) is 5.69 Å². The molecule has 1 fully saturated rings. The van der Waals surface area contributed by atoms with Gasteiger partial charge in [0.15, 0.2) is 5.69 Å². The van der Waals surface area contributed by atoms with Crippen LogP contribution < -0.4 is 10.2 Å². The minimum atomic E-state index is -0.231. The Hall–Kier alpha value is -2.90. The van der Waals surface area contributed by atoms with Gasteiger partial charge < -0.3 is 15.1 Å². The topological polar surface area (TPSA) is 83.4 Å². The lowest BCUT2D eigenvalue weighted by Crippen LogP contribution is -2.41. The van der Waals surface area contributed by atoms with Crippen LogP contribution in [0.25, 0.3) is 0 Å². The van der Waals surface area contributed by atoms with Crippen LogP contribution in [0, 0.1) is 0 Å². The fourth-order valence-electron chi connectivity index (χ4n) is 3.35. The van der Waals surface area contributed by atoms with Crippen molar-refractivity contribution in [2.75, 3.05) is 32.1 Å². The Kier molecular flexibility index (Phi) is 5.96. The maximum atomic E-state index is 13.0. The average molecular weight is 384 g/mol. The summed E-state index contributed by atoms with van der Waals surface area (Å²) in [6, 6.07) is 7.70. The lowest BCUT2D eigenvalue weighted by molar-refractivity contribution is 0.0671. The lowest BCUT2D eigenvalue weighted by atomic mass is 10.0. The van der Waals surface area contributed by atoms with Crippen LogP contribution in [0.15, 0.2) is 30.5 Å². The molecule has 1 saturated heterocycles. The molecule has 150 valence electrons. The quantitative estimate of drug-likeness (QED) is 0.852. The Labute approximate surface area is 165 Å². The van der Waals surface area contributed by atoms with Crippen molar-refractivity contribution in [3.63, 3.8) is 0 Å². The highest BCUT2D eigenvalue weighted by Gasteiger charge is 2.27. The number of nitrogens with one attached hydrogen (secondary N) is 1. The van der Waals surface area contributed by atoms with E-state index in [1.807, 2.05) is 62.0 Å². The molecule has 1 atom stereocenters. The van der Waals surface area contributed by atoms with E-state index in [0.29, 0.717) is 17.8 Å². The molecule has 1 unspecified atom stereocenters. The fraction of sp³-hybridized carbons (Fsp3) is 0.500. The van der Waals surface area contributed by atoms with E-state index in [-0.39, 0.29) is 23.9 Å². The molecule has 1 aliphatic heterocycles. The van der Waals surface area contributed by atoms with Crippen molar-refractivity contribution >= 4 is 17.5 Å². The Morgan fingerprint density at radius 1 is 1.29 bits per heavy atom. The molecule has 2 aromatic rings. The summed E-state index contributed by atoms with van der Waals surface area (Å²) in [7, 11) is 3.91. The van der Waals surface area contributed by atoms with Crippen LogP contribution in [0.1, 0.15) is 53.6 Å². The van der Waals surface area contributed by atoms with Gasteiger partial charge in [-0.2, -0.15) is 0 Å². The van der Waals surface area contributed by atoms with Crippen molar-refractivity contribution in [2.45, 2.75) is 38.8 Å². The number of hydrogen-bond acceptors (Lipinski definition) is 5. The maximum Gasteiger partial charge on any atom is 0.273 e. The second-order valence-corrected chi connectivity index (χ2v) is 7.70. The van der Waals surface area contributed by atoms with Crippen molar-refractivity contribution < 1.29 is 9.59 Å². The van der Waals surface area contributed by atoms with Gasteiger partial charge in [0, 0.05) is 44.5 Å². The number of carbonyl (C=O) groups is 2. The molecule has 0 aliphatic carbocycles. The number of nitrogens with zero attached hydrogens (tertiary/aromatic N) is 5. The number of hydrogen-bond donors (Lipinski definition) is 1.